The molecule has 5 rings (SSSR count). The number of aryl methyl sites for hydroxylation is 1. The number of methoxy groups -OCH3 is 1. The van der Waals surface area contributed by atoms with Gasteiger partial charge in [0.2, 0.25) is 0 Å². The van der Waals surface area contributed by atoms with E-state index in [9.17, 15) is 0 Å². The molecular formula is C23H21N7O. The summed E-state index contributed by atoms with van der Waals surface area (Å²) in [6.07, 6.45) is 9.16. The lowest BCUT2D eigenvalue weighted by Gasteiger charge is -2.08. The molecule has 8 nitrogen and oxygen atoms in total. The van der Waals surface area contributed by atoms with Crippen molar-refractivity contribution in [3.05, 3.63) is 79.1 Å². The molecule has 0 saturated carbocycles. The van der Waals surface area contributed by atoms with Crippen LogP contribution in [0.5, 0.6) is 5.75 Å². The van der Waals surface area contributed by atoms with E-state index >= 15 is 0 Å². The van der Waals surface area contributed by atoms with Crippen molar-refractivity contribution in [2.24, 2.45) is 7.05 Å². The van der Waals surface area contributed by atoms with E-state index in [1.165, 1.54) is 0 Å². The normalized spacial score (nSPS) is 11.0. The van der Waals surface area contributed by atoms with E-state index in [0.29, 0.717) is 6.54 Å². The largest absolute Gasteiger partial charge is 0.497 e. The van der Waals surface area contributed by atoms with Crippen LogP contribution in [0, 0.1) is 0 Å². The molecule has 4 aromatic heterocycles. The third-order valence-electron chi connectivity index (χ3n) is 5.12. The number of fused-ring (bicyclic) bond motifs is 1. The SMILES string of the molecule is COc1ccn2c(-c3cc(NCc4ccc(-c5cnn(C)c5)cc4)ncn3)cnc2c1. The second-order valence-corrected chi connectivity index (χ2v) is 7.18. The fraction of sp³-hybridized carbons (Fsp3) is 0.130. The average molecular weight is 411 g/mol. The Balaban J connectivity index is 1.32. The Morgan fingerprint density at radius 2 is 1.84 bits per heavy atom. The van der Waals surface area contributed by atoms with E-state index in [1.807, 2.05) is 48.2 Å². The van der Waals surface area contributed by atoms with Gasteiger partial charge in [-0.2, -0.15) is 5.10 Å². The minimum absolute atomic E-state index is 0.661. The molecule has 0 spiro atoms. The van der Waals surface area contributed by atoms with Gasteiger partial charge in [0, 0.05) is 43.7 Å². The number of pyridine rings is 1. The van der Waals surface area contributed by atoms with Gasteiger partial charge >= 0.3 is 0 Å². The Labute approximate surface area is 179 Å². The van der Waals surface area contributed by atoms with Crippen LogP contribution in [-0.4, -0.2) is 36.2 Å². The molecule has 0 aliphatic carbocycles. The number of hydrogen-bond donors (Lipinski definition) is 1. The predicted molar refractivity (Wildman–Crippen MR) is 119 cm³/mol. The summed E-state index contributed by atoms with van der Waals surface area (Å²) < 4.78 is 9.05. The molecule has 31 heavy (non-hydrogen) atoms. The third-order valence-corrected chi connectivity index (χ3v) is 5.12. The standard InChI is InChI=1S/C23H21N7O/c1-29-14-18(12-28-29)17-5-3-16(4-6-17)11-24-22-10-20(26-15-27-22)21-13-25-23-9-19(31-2)7-8-30(21)23/h3-10,12-15H,11H2,1-2H3,(H,24,26,27). The lowest BCUT2D eigenvalue weighted by Crippen LogP contribution is -2.02. The number of nitrogens with one attached hydrogen (secondary N) is 1. The first-order valence-corrected chi connectivity index (χ1v) is 9.85. The van der Waals surface area contributed by atoms with Crippen LogP contribution >= 0.6 is 0 Å². The zero-order chi connectivity index (χ0) is 21.2. The van der Waals surface area contributed by atoms with Gasteiger partial charge in [-0.3, -0.25) is 9.08 Å². The van der Waals surface area contributed by atoms with Crippen LogP contribution in [0.15, 0.2) is 73.6 Å². The molecular weight excluding hydrogens is 390 g/mol. The van der Waals surface area contributed by atoms with E-state index in [1.54, 1.807) is 24.3 Å². The zero-order valence-electron chi connectivity index (χ0n) is 17.2. The highest BCUT2D eigenvalue weighted by Gasteiger charge is 2.09. The first-order chi connectivity index (χ1) is 15.2. The topological polar surface area (TPSA) is 82.2 Å². The minimum Gasteiger partial charge on any atom is -0.497 e. The molecule has 1 N–H and O–H groups in total. The number of anilines is 1. The minimum atomic E-state index is 0.661. The van der Waals surface area contributed by atoms with Crippen molar-refractivity contribution >= 4 is 11.5 Å². The molecule has 154 valence electrons. The van der Waals surface area contributed by atoms with Crippen molar-refractivity contribution < 1.29 is 4.74 Å². The molecule has 0 aliphatic rings. The highest BCUT2D eigenvalue weighted by Crippen LogP contribution is 2.23. The smallest absolute Gasteiger partial charge is 0.140 e. The number of ether oxygens (including phenoxy) is 1. The summed E-state index contributed by atoms with van der Waals surface area (Å²) in [4.78, 5) is 13.2. The maximum absolute atomic E-state index is 5.27. The second-order valence-electron chi connectivity index (χ2n) is 7.18. The summed E-state index contributed by atoms with van der Waals surface area (Å²) in [5.74, 6) is 1.52. The van der Waals surface area contributed by atoms with Crippen LogP contribution < -0.4 is 10.1 Å². The van der Waals surface area contributed by atoms with Crippen molar-refractivity contribution in [2.45, 2.75) is 6.54 Å². The molecule has 1 aromatic carbocycles. The Hall–Kier alpha value is -4.20. The summed E-state index contributed by atoms with van der Waals surface area (Å²) in [5.41, 5.74) is 5.90. The quantitative estimate of drug-likeness (QED) is 0.458. The summed E-state index contributed by atoms with van der Waals surface area (Å²) in [5, 5.41) is 7.60. The summed E-state index contributed by atoms with van der Waals surface area (Å²) in [7, 11) is 3.56. The molecule has 5 aromatic rings. The first kappa shape index (κ1) is 18.8. The van der Waals surface area contributed by atoms with Crippen molar-refractivity contribution in [1.82, 2.24) is 29.1 Å². The average Bonchev–Trinajstić information content (AvgIpc) is 3.44. The lowest BCUT2D eigenvalue weighted by molar-refractivity contribution is 0.414. The van der Waals surface area contributed by atoms with Crippen LogP contribution in [0.2, 0.25) is 0 Å². The van der Waals surface area contributed by atoms with Gasteiger partial charge in [0.1, 0.15) is 23.5 Å². The van der Waals surface area contributed by atoms with Gasteiger partial charge in [0.15, 0.2) is 0 Å². The molecule has 8 heteroatoms. The van der Waals surface area contributed by atoms with Gasteiger partial charge in [-0.05, 0) is 17.2 Å². The van der Waals surface area contributed by atoms with Crippen molar-refractivity contribution in [3.63, 3.8) is 0 Å². The van der Waals surface area contributed by atoms with Gasteiger partial charge < -0.3 is 10.1 Å². The molecule has 0 fully saturated rings. The molecule has 0 saturated heterocycles. The lowest BCUT2D eigenvalue weighted by atomic mass is 10.1. The fourth-order valence-electron chi connectivity index (χ4n) is 3.45. The Morgan fingerprint density at radius 3 is 2.61 bits per heavy atom. The Kier molecular flexibility index (Phi) is 4.80. The van der Waals surface area contributed by atoms with Crippen LogP contribution in [0.25, 0.3) is 28.2 Å². The fourth-order valence-corrected chi connectivity index (χ4v) is 3.45. The monoisotopic (exact) mass is 411 g/mol. The molecule has 0 unspecified atom stereocenters. The van der Waals surface area contributed by atoms with Crippen LogP contribution in [0.4, 0.5) is 5.82 Å². The molecule has 0 radical (unpaired) electrons. The van der Waals surface area contributed by atoms with Gasteiger partial charge in [-0.25, -0.2) is 15.0 Å². The van der Waals surface area contributed by atoms with Crippen molar-refractivity contribution in [2.75, 3.05) is 12.4 Å². The highest BCUT2D eigenvalue weighted by atomic mass is 16.5. The number of benzene rings is 1. The molecule has 0 aliphatic heterocycles. The molecule has 0 atom stereocenters. The molecule has 0 bridgehead atoms. The summed E-state index contributed by atoms with van der Waals surface area (Å²) >= 11 is 0. The van der Waals surface area contributed by atoms with Crippen LogP contribution in [0.1, 0.15) is 5.56 Å². The summed E-state index contributed by atoms with van der Waals surface area (Å²) in [6.45, 7) is 0.661. The number of hydrogen-bond acceptors (Lipinski definition) is 6. The Bertz CT molecular complexity index is 1340. The molecule has 0 amide bonds. The van der Waals surface area contributed by atoms with E-state index in [2.05, 4.69) is 49.6 Å². The third kappa shape index (κ3) is 3.83. The maximum Gasteiger partial charge on any atom is 0.140 e. The van der Waals surface area contributed by atoms with E-state index in [-0.39, 0.29) is 0 Å². The van der Waals surface area contributed by atoms with E-state index < -0.39 is 0 Å². The first-order valence-electron chi connectivity index (χ1n) is 9.85. The van der Waals surface area contributed by atoms with E-state index in [0.717, 1.165) is 45.3 Å². The van der Waals surface area contributed by atoms with Gasteiger partial charge in [0.05, 0.1) is 30.9 Å². The van der Waals surface area contributed by atoms with Gasteiger partial charge in [-0.15, -0.1) is 0 Å². The highest BCUT2D eigenvalue weighted by molar-refractivity contribution is 5.64. The molecule has 4 heterocycles. The van der Waals surface area contributed by atoms with Crippen LogP contribution in [0.3, 0.4) is 0 Å². The van der Waals surface area contributed by atoms with Crippen LogP contribution in [-0.2, 0) is 13.6 Å². The summed E-state index contributed by atoms with van der Waals surface area (Å²) in [6, 6.07) is 14.1. The second kappa shape index (κ2) is 7.91. The Morgan fingerprint density at radius 1 is 0.968 bits per heavy atom. The van der Waals surface area contributed by atoms with Gasteiger partial charge in [-0.1, -0.05) is 24.3 Å². The number of nitrogens with zero attached hydrogens (tertiary/aromatic N) is 6. The number of imidazole rings is 1. The predicted octanol–water partition coefficient (Wildman–Crippen LogP) is 3.81. The zero-order valence-corrected chi connectivity index (χ0v) is 17.2. The van der Waals surface area contributed by atoms with Gasteiger partial charge in [0.25, 0.3) is 0 Å². The van der Waals surface area contributed by atoms with Crippen molar-refractivity contribution in [3.8, 4) is 28.3 Å². The number of rotatable bonds is 6. The van der Waals surface area contributed by atoms with E-state index in [4.69, 9.17) is 4.74 Å². The maximum atomic E-state index is 5.27. The number of aromatic nitrogens is 6. The van der Waals surface area contributed by atoms with Crippen molar-refractivity contribution in [1.29, 1.82) is 0 Å².